The van der Waals surface area contributed by atoms with Gasteiger partial charge in [-0.15, -0.1) is 0 Å². The molecule has 1 unspecified atom stereocenters. The Kier molecular flexibility index (Phi) is 7.02. The van der Waals surface area contributed by atoms with Gasteiger partial charge >= 0.3 is 5.97 Å². The molecule has 0 radical (unpaired) electrons. The third-order valence-corrected chi connectivity index (χ3v) is 4.70. The molecule has 0 amide bonds. The van der Waals surface area contributed by atoms with Gasteiger partial charge in [0.25, 0.3) is 0 Å². The van der Waals surface area contributed by atoms with E-state index < -0.39 is 5.60 Å². The Balaban J connectivity index is 2.26. The Morgan fingerprint density at radius 2 is 1.35 bits per heavy atom. The van der Waals surface area contributed by atoms with Crippen LogP contribution in [0.25, 0.3) is 0 Å². The highest BCUT2D eigenvalue weighted by Crippen LogP contribution is 2.39. The number of hydrogen-bond acceptors (Lipinski definition) is 2. The summed E-state index contributed by atoms with van der Waals surface area (Å²) in [6, 6.07) is 21.3. The van der Waals surface area contributed by atoms with Crippen LogP contribution in [0.4, 0.5) is 0 Å². The molecular weight excluding hydrogens is 320 g/mol. The Hall–Kier alpha value is -2.09. The lowest BCUT2D eigenvalue weighted by molar-refractivity contribution is -0.155. The quantitative estimate of drug-likeness (QED) is 0.554. The third-order valence-electron chi connectivity index (χ3n) is 4.70. The Morgan fingerprint density at radius 3 is 1.73 bits per heavy atom. The van der Waals surface area contributed by atoms with Crippen molar-refractivity contribution in [2.45, 2.75) is 59.0 Å². The van der Waals surface area contributed by atoms with Gasteiger partial charge in [-0.25, -0.2) is 0 Å². The van der Waals surface area contributed by atoms with Crippen molar-refractivity contribution in [2.75, 3.05) is 0 Å². The van der Waals surface area contributed by atoms with E-state index in [0.29, 0.717) is 18.3 Å². The summed E-state index contributed by atoms with van der Waals surface area (Å²) in [5.41, 5.74) is 2.19. The predicted octanol–water partition coefficient (Wildman–Crippen LogP) is 6.21. The van der Waals surface area contributed by atoms with E-state index in [2.05, 4.69) is 74.5 Å². The van der Waals surface area contributed by atoms with E-state index in [0.717, 1.165) is 6.42 Å². The average Bonchev–Trinajstić information content (AvgIpc) is 2.58. The lowest BCUT2D eigenvalue weighted by Crippen LogP contribution is -2.26. The summed E-state index contributed by atoms with van der Waals surface area (Å²) in [5.74, 6) is 0.998. The van der Waals surface area contributed by atoms with Crippen LogP contribution in [0.3, 0.4) is 0 Å². The lowest BCUT2D eigenvalue weighted by atomic mass is 9.73. The van der Waals surface area contributed by atoms with E-state index in [9.17, 15) is 4.79 Å². The molecular formula is C24H32O2. The van der Waals surface area contributed by atoms with Crippen molar-refractivity contribution in [1.29, 1.82) is 0 Å². The van der Waals surface area contributed by atoms with Crippen molar-refractivity contribution in [1.82, 2.24) is 0 Å². The maximum absolute atomic E-state index is 12.3. The number of hydrogen-bond donors (Lipinski definition) is 0. The molecule has 0 saturated heterocycles. The van der Waals surface area contributed by atoms with E-state index in [4.69, 9.17) is 4.74 Å². The van der Waals surface area contributed by atoms with Gasteiger partial charge in [0.1, 0.15) is 5.60 Å². The maximum Gasteiger partial charge on any atom is 0.306 e. The molecule has 0 spiro atoms. The Bertz CT molecular complexity index is 629. The Labute approximate surface area is 158 Å². The molecule has 2 aromatic rings. The van der Waals surface area contributed by atoms with Crippen LogP contribution in [0, 0.1) is 11.8 Å². The molecule has 0 heterocycles. The minimum absolute atomic E-state index is 0.108. The topological polar surface area (TPSA) is 26.3 Å². The molecule has 0 aliphatic carbocycles. The fourth-order valence-electron chi connectivity index (χ4n) is 3.57. The third kappa shape index (κ3) is 6.01. The van der Waals surface area contributed by atoms with E-state index in [1.807, 2.05) is 20.8 Å². The van der Waals surface area contributed by atoms with Gasteiger partial charge in [0.15, 0.2) is 0 Å². The highest BCUT2D eigenvalue weighted by molar-refractivity contribution is 5.69. The summed E-state index contributed by atoms with van der Waals surface area (Å²) in [6.45, 7) is 10.3. The molecule has 2 aromatic carbocycles. The average molecular weight is 353 g/mol. The molecule has 140 valence electrons. The van der Waals surface area contributed by atoms with Gasteiger partial charge < -0.3 is 4.74 Å². The molecule has 0 aromatic heterocycles. The van der Waals surface area contributed by atoms with Gasteiger partial charge in [0.05, 0.1) is 0 Å². The molecule has 0 fully saturated rings. The summed E-state index contributed by atoms with van der Waals surface area (Å²) < 4.78 is 5.52. The molecule has 0 aliphatic heterocycles. The summed E-state index contributed by atoms with van der Waals surface area (Å²) in [7, 11) is 0. The summed E-state index contributed by atoms with van der Waals surface area (Å²) in [5, 5.41) is 0. The largest absolute Gasteiger partial charge is 0.460 e. The zero-order valence-corrected chi connectivity index (χ0v) is 16.7. The first-order valence-electron chi connectivity index (χ1n) is 9.59. The monoisotopic (exact) mass is 352 g/mol. The summed E-state index contributed by atoms with van der Waals surface area (Å²) >= 11 is 0. The lowest BCUT2D eigenvalue weighted by Gasteiger charge is -2.31. The zero-order chi connectivity index (χ0) is 19.2. The minimum atomic E-state index is -0.428. The Morgan fingerprint density at radius 1 is 0.885 bits per heavy atom. The van der Waals surface area contributed by atoms with Crippen molar-refractivity contribution >= 4 is 5.97 Å². The fraction of sp³-hybridized carbons (Fsp3) is 0.458. The van der Waals surface area contributed by atoms with Crippen LogP contribution in [0.1, 0.15) is 64.5 Å². The van der Waals surface area contributed by atoms with Crippen molar-refractivity contribution in [2.24, 2.45) is 11.8 Å². The van der Waals surface area contributed by atoms with E-state index >= 15 is 0 Å². The van der Waals surface area contributed by atoms with Gasteiger partial charge in [-0.3, -0.25) is 4.79 Å². The molecule has 2 nitrogen and oxygen atoms in total. The zero-order valence-electron chi connectivity index (χ0n) is 16.7. The number of rotatable bonds is 7. The molecule has 2 heteroatoms. The van der Waals surface area contributed by atoms with Crippen LogP contribution in [0.2, 0.25) is 0 Å². The second-order valence-electron chi connectivity index (χ2n) is 8.33. The van der Waals surface area contributed by atoms with Gasteiger partial charge in [-0.1, -0.05) is 74.5 Å². The van der Waals surface area contributed by atoms with Gasteiger partial charge in [-0.2, -0.15) is 0 Å². The summed E-state index contributed by atoms with van der Waals surface area (Å²) in [4.78, 5) is 12.3. The SMILES string of the molecule is CC(C)C(CCC(=O)OC(C)(C)C)C(c1ccccc1)c1ccccc1. The molecule has 0 aliphatic rings. The second kappa shape index (κ2) is 9.02. The van der Waals surface area contributed by atoms with Crippen LogP contribution in [-0.4, -0.2) is 11.6 Å². The predicted molar refractivity (Wildman–Crippen MR) is 108 cm³/mol. The van der Waals surface area contributed by atoms with E-state index in [-0.39, 0.29) is 11.9 Å². The molecule has 0 N–H and O–H groups in total. The fourth-order valence-corrected chi connectivity index (χ4v) is 3.57. The first-order valence-corrected chi connectivity index (χ1v) is 9.59. The van der Waals surface area contributed by atoms with Crippen molar-refractivity contribution in [3.05, 3.63) is 71.8 Å². The van der Waals surface area contributed by atoms with Crippen molar-refractivity contribution in [3.63, 3.8) is 0 Å². The van der Waals surface area contributed by atoms with Crippen LogP contribution in [0.5, 0.6) is 0 Å². The van der Waals surface area contributed by atoms with Gasteiger partial charge in [-0.05, 0) is 50.2 Å². The van der Waals surface area contributed by atoms with Crippen molar-refractivity contribution < 1.29 is 9.53 Å². The first kappa shape index (κ1) is 20.2. The minimum Gasteiger partial charge on any atom is -0.460 e. The normalized spacial score (nSPS) is 13.0. The second-order valence-corrected chi connectivity index (χ2v) is 8.33. The maximum atomic E-state index is 12.3. The number of ether oxygens (including phenoxy) is 1. The standard InChI is InChI=1S/C24H32O2/c1-18(2)21(16-17-22(25)26-24(3,4)5)23(19-12-8-6-9-13-19)20-14-10-7-11-15-20/h6-15,18,21,23H,16-17H2,1-5H3. The van der Waals surface area contributed by atoms with Crippen LogP contribution < -0.4 is 0 Å². The highest BCUT2D eigenvalue weighted by Gasteiger charge is 2.28. The van der Waals surface area contributed by atoms with E-state index in [1.54, 1.807) is 0 Å². The molecule has 2 rings (SSSR count). The van der Waals surface area contributed by atoms with Gasteiger partial charge in [0.2, 0.25) is 0 Å². The van der Waals surface area contributed by atoms with E-state index in [1.165, 1.54) is 11.1 Å². The molecule has 0 bridgehead atoms. The van der Waals surface area contributed by atoms with Crippen LogP contribution in [0.15, 0.2) is 60.7 Å². The number of carbonyl (C=O) groups is 1. The van der Waals surface area contributed by atoms with Crippen LogP contribution in [-0.2, 0) is 9.53 Å². The molecule has 26 heavy (non-hydrogen) atoms. The number of benzene rings is 2. The molecule has 0 saturated carbocycles. The van der Waals surface area contributed by atoms with Crippen LogP contribution >= 0.6 is 0 Å². The summed E-state index contributed by atoms with van der Waals surface area (Å²) in [6.07, 6.45) is 1.28. The number of carbonyl (C=O) groups excluding carboxylic acids is 1. The highest BCUT2D eigenvalue weighted by atomic mass is 16.6. The van der Waals surface area contributed by atoms with Gasteiger partial charge in [0, 0.05) is 12.3 Å². The smallest absolute Gasteiger partial charge is 0.306 e. The van der Waals surface area contributed by atoms with Crippen molar-refractivity contribution in [3.8, 4) is 0 Å². The molecule has 1 atom stereocenters. The first-order chi connectivity index (χ1) is 12.3. The number of esters is 1.